The van der Waals surface area contributed by atoms with Crippen LogP contribution < -0.4 is 5.73 Å². The van der Waals surface area contributed by atoms with Crippen molar-refractivity contribution in [3.8, 4) is 0 Å². The first-order valence-corrected chi connectivity index (χ1v) is 5.44. The van der Waals surface area contributed by atoms with Gasteiger partial charge in [-0.15, -0.1) is 0 Å². The molecule has 5 nitrogen and oxygen atoms in total. The molecule has 0 bridgehead atoms. The van der Waals surface area contributed by atoms with Crippen molar-refractivity contribution < 1.29 is 19.4 Å². The smallest absolute Gasteiger partial charge is 0.339 e. The molecule has 0 amide bonds. The van der Waals surface area contributed by atoms with E-state index in [-0.39, 0.29) is 24.0 Å². The molecule has 6 heteroatoms. The average Bonchev–Trinajstić information content (AvgIpc) is 2.35. The van der Waals surface area contributed by atoms with E-state index >= 15 is 0 Å². The van der Waals surface area contributed by atoms with Crippen LogP contribution in [0.4, 0.5) is 0 Å². The molecule has 94 valence electrons. The highest BCUT2D eigenvalue weighted by molar-refractivity contribution is 6.09. The van der Waals surface area contributed by atoms with Gasteiger partial charge in [0.25, 0.3) is 0 Å². The second-order valence-electron chi connectivity index (χ2n) is 3.85. The highest BCUT2D eigenvalue weighted by Gasteiger charge is 2.20. The Morgan fingerprint density at radius 2 is 2.11 bits per heavy atom. The largest absolute Gasteiger partial charge is 0.478 e. The number of benzene rings is 1. The molecule has 0 aromatic heterocycles. The van der Waals surface area contributed by atoms with E-state index in [1.54, 1.807) is 13.0 Å². The number of carbonyl (C=O) groups is 2. The molecule has 0 aliphatic carbocycles. The first-order valence-electron chi connectivity index (χ1n) is 5.44. The van der Waals surface area contributed by atoms with Gasteiger partial charge in [0.1, 0.15) is 6.10 Å². The van der Waals surface area contributed by atoms with Gasteiger partial charge >= 0.3 is 11.9 Å². The number of nitrogens with two attached hydrogens (primary N) is 1. The van der Waals surface area contributed by atoms with Crippen LogP contribution in [0.3, 0.4) is 0 Å². The van der Waals surface area contributed by atoms with Gasteiger partial charge in [0.2, 0.25) is 0 Å². The first kappa shape index (κ1) is 14.2. The van der Waals surface area contributed by atoms with Crippen molar-refractivity contribution >= 4 is 19.8 Å². The molecule has 0 saturated carbocycles. The summed E-state index contributed by atoms with van der Waals surface area (Å²) in [5.41, 5.74) is 6.02. The highest BCUT2D eigenvalue weighted by atomic mass is 16.5. The van der Waals surface area contributed by atoms with Crippen molar-refractivity contribution in [2.24, 2.45) is 5.73 Å². The van der Waals surface area contributed by atoms with Gasteiger partial charge in [-0.05, 0) is 19.1 Å². The molecule has 0 aliphatic rings. The fourth-order valence-corrected chi connectivity index (χ4v) is 1.42. The van der Waals surface area contributed by atoms with Crippen LogP contribution in [-0.4, -0.2) is 37.5 Å². The molecule has 1 aromatic rings. The summed E-state index contributed by atoms with van der Waals surface area (Å²) >= 11 is 0. The van der Waals surface area contributed by atoms with Gasteiger partial charge in [-0.2, -0.15) is 0 Å². The number of carboxylic acids is 1. The number of aromatic carboxylic acids is 1. The Balaban J connectivity index is 3.02. The van der Waals surface area contributed by atoms with Crippen LogP contribution in [0.1, 0.15) is 26.3 Å². The number of rotatable bonds is 5. The van der Waals surface area contributed by atoms with Gasteiger partial charge in [0.15, 0.2) is 0 Å². The van der Waals surface area contributed by atoms with E-state index in [9.17, 15) is 9.59 Å². The quantitative estimate of drug-likeness (QED) is 0.592. The lowest BCUT2D eigenvalue weighted by Crippen LogP contribution is -2.27. The third-order valence-electron chi connectivity index (χ3n) is 2.42. The average molecular weight is 247 g/mol. The van der Waals surface area contributed by atoms with Crippen LogP contribution >= 0.6 is 0 Å². The zero-order valence-electron chi connectivity index (χ0n) is 10.1. The summed E-state index contributed by atoms with van der Waals surface area (Å²) in [7, 11) is 5.36. The molecular formula is C12H14BNO4. The molecular weight excluding hydrogens is 233 g/mol. The lowest BCUT2D eigenvalue weighted by atomic mass is 9.99. The van der Waals surface area contributed by atoms with E-state index in [1.165, 1.54) is 12.1 Å². The zero-order chi connectivity index (χ0) is 13.7. The summed E-state index contributed by atoms with van der Waals surface area (Å²) in [4.78, 5) is 22.9. The predicted molar refractivity (Wildman–Crippen MR) is 67.0 cm³/mol. The fraction of sp³-hybridized carbons (Fsp3) is 0.333. The topological polar surface area (TPSA) is 89.6 Å². The van der Waals surface area contributed by atoms with Crippen LogP contribution in [0.25, 0.3) is 0 Å². The standard InChI is InChI=1S/C12H14BNO4/c1-7-2-3-9(10(4-7)11(15)16)12(17)18-8(5-13)6-14/h2-4,8H,5-6,14H2,1H3,(H,15,16). The van der Waals surface area contributed by atoms with Crippen molar-refractivity contribution in [3.05, 3.63) is 34.9 Å². The summed E-state index contributed by atoms with van der Waals surface area (Å²) < 4.78 is 5.01. The second-order valence-corrected chi connectivity index (χ2v) is 3.85. The first-order chi connectivity index (χ1) is 8.49. The van der Waals surface area contributed by atoms with Crippen LogP contribution in [-0.2, 0) is 4.74 Å². The number of aryl methyl sites for hydroxylation is 1. The van der Waals surface area contributed by atoms with Gasteiger partial charge in [-0.25, -0.2) is 9.59 Å². The summed E-state index contributed by atoms with van der Waals surface area (Å²) in [5.74, 6) is -1.91. The van der Waals surface area contributed by atoms with E-state index in [0.29, 0.717) is 0 Å². The zero-order valence-corrected chi connectivity index (χ0v) is 10.1. The number of hydrogen-bond donors (Lipinski definition) is 2. The second kappa shape index (κ2) is 6.21. The molecule has 0 aliphatic heterocycles. The maximum atomic E-state index is 11.8. The third-order valence-corrected chi connectivity index (χ3v) is 2.42. The number of carboxylic acid groups (broad SMARTS) is 1. The minimum absolute atomic E-state index is 0.000000000000000444. The Kier molecular flexibility index (Phi) is 4.91. The van der Waals surface area contributed by atoms with E-state index in [1.807, 2.05) is 0 Å². The molecule has 1 atom stereocenters. The molecule has 0 heterocycles. The number of carbonyl (C=O) groups excluding carboxylic acids is 1. The fourth-order valence-electron chi connectivity index (χ4n) is 1.42. The number of esters is 1. The van der Waals surface area contributed by atoms with Crippen molar-refractivity contribution in [1.29, 1.82) is 0 Å². The highest BCUT2D eigenvalue weighted by Crippen LogP contribution is 2.14. The molecule has 2 radical (unpaired) electrons. The Hall–Kier alpha value is -1.82. The minimum atomic E-state index is -1.18. The molecule has 0 spiro atoms. The van der Waals surface area contributed by atoms with Gasteiger partial charge < -0.3 is 15.6 Å². The van der Waals surface area contributed by atoms with Crippen molar-refractivity contribution in [2.75, 3.05) is 6.54 Å². The van der Waals surface area contributed by atoms with Crippen LogP contribution in [0.15, 0.2) is 18.2 Å². The minimum Gasteiger partial charge on any atom is -0.478 e. The Labute approximate surface area is 106 Å². The van der Waals surface area contributed by atoms with Gasteiger partial charge in [0.05, 0.1) is 19.0 Å². The molecule has 1 unspecified atom stereocenters. The summed E-state index contributed by atoms with van der Waals surface area (Å²) in [6.45, 7) is 1.83. The van der Waals surface area contributed by atoms with Crippen LogP contribution in [0.5, 0.6) is 0 Å². The van der Waals surface area contributed by atoms with Crippen LogP contribution in [0, 0.1) is 6.92 Å². The third kappa shape index (κ3) is 3.34. The van der Waals surface area contributed by atoms with Gasteiger partial charge in [-0.3, -0.25) is 0 Å². The van der Waals surface area contributed by atoms with Gasteiger partial charge in [0, 0.05) is 6.54 Å². The number of ether oxygens (including phenoxy) is 1. The Morgan fingerprint density at radius 3 is 2.61 bits per heavy atom. The lowest BCUT2D eigenvalue weighted by Gasteiger charge is -2.15. The van der Waals surface area contributed by atoms with Crippen molar-refractivity contribution in [3.63, 3.8) is 0 Å². The van der Waals surface area contributed by atoms with Crippen molar-refractivity contribution in [1.82, 2.24) is 0 Å². The van der Waals surface area contributed by atoms with E-state index in [4.69, 9.17) is 23.4 Å². The van der Waals surface area contributed by atoms with Crippen molar-refractivity contribution in [2.45, 2.75) is 19.3 Å². The summed E-state index contributed by atoms with van der Waals surface area (Å²) in [5, 5.41) is 9.03. The molecule has 3 N–H and O–H groups in total. The predicted octanol–water partition coefficient (Wildman–Crippen LogP) is 0.764. The van der Waals surface area contributed by atoms with E-state index in [2.05, 4.69) is 0 Å². The van der Waals surface area contributed by atoms with Crippen LogP contribution in [0.2, 0.25) is 6.32 Å². The summed E-state index contributed by atoms with van der Waals surface area (Å²) in [6, 6.07) is 4.48. The lowest BCUT2D eigenvalue weighted by molar-refractivity contribution is 0.0353. The maximum absolute atomic E-state index is 11.8. The van der Waals surface area contributed by atoms with E-state index in [0.717, 1.165) is 5.56 Å². The molecule has 0 saturated heterocycles. The van der Waals surface area contributed by atoms with Gasteiger partial charge in [-0.1, -0.05) is 17.9 Å². The summed E-state index contributed by atoms with van der Waals surface area (Å²) in [6.07, 6.45) is -0.517. The molecule has 18 heavy (non-hydrogen) atoms. The normalized spacial score (nSPS) is 11.9. The SMILES string of the molecule is [B]CC(CN)OC(=O)c1ccc(C)cc1C(=O)O. The Morgan fingerprint density at radius 1 is 1.44 bits per heavy atom. The molecule has 1 rings (SSSR count). The number of hydrogen-bond acceptors (Lipinski definition) is 4. The molecule has 0 fully saturated rings. The monoisotopic (exact) mass is 247 g/mol. The molecule has 1 aromatic carbocycles. The maximum Gasteiger partial charge on any atom is 0.339 e. The van der Waals surface area contributed by atoms with E-state index < -0.39 is 18.0 Å². The Bertz CT molecular complexity index is 457.